The zero-order chi connectivity index (χ0) is 19.4. The summed E-state index contributed by atoms with van der Waals surface area (Å²) in [7, 11) is 4.07. The molecule has 1 fully saturated rings. The van der Waals surface area contributed by atoms with E-state index in [1.165, 1.54) is 0 Å². The largest absolute Gasteiger partial charge is 0.367 e. The van der Waals surface area contributed by atoms with Crippen molar-refractivity contribution < 1.29 is 4.79 Å². The fourth-order valence-electron chi connectivity index (χ4n) is 4.01. The Morgan fingerprint density at radius 2 is 1.92 bits per heavy atom. The molecule has 0 aromatic carbocycles. The van der Waals surface area contributed by atoms with Gasteiger partial charge in [-0.2, -0.15) is 0 Å². The van der Waals surface area contributed by atoms with Gasteiger partial charge < -0.3 is 20.9 Å². The van der Waals surface area contributed by atoms with Crippen molar-refractivity contribution in [3.63, 3.8) is 0 Å². The molecule has 26 heavy (non-hydrogen) atoms. The van der Waals surface area contributed by atoms with Crippen molar-refractivity contribution in [2.75, 3.05) is 32.5 Å². The monoisotopic (exact) mass is 361 g/mol. The minimum atomic E-state index is -0.0631. The molecule has 0 radical (unpaired) electrons. The SMILES string of the molecule is CN(C)CCCNC(=O)c1cccnc1NC1CC(C)(C)NC(C)(C)C1. The Morgan fingerprint density at radius 1 is 1.27 bits per heavy atom. The standard InChI is InChI=1S/C20H35N5O/c1-19(2)13-15(14-20(3,4)24-19)23-17-16(9-7-10-21-17)18(26)22-11-8-12-25(5)6/h7,9-10,15,24H,8,11-14H2,1-6H3,(H,21,23)(H,22,26). The highest BCUT2D eigenvalue weighted by molar-refractivity contribution is 5.98. The molecule has 1 aliphatic rings. The van der Waals surface area contributed by atoms with Crippen molar-refractivity contribution in [3.8, 4) is 0 Å². The van der Waals surface area contributed by atoms with Crippen LogP contribution in [0.1, 0.15) is 57.3 Å². The maximum absolute atomic E-state index is 12.6. The van der Waals surface area contributed by atoms with E-state index in [1.54, 1.807) is 6.20 Å². The van der Waals surface area contributed by atoms with Crippen LogP contribution >= 0.6 is 0 Å². The van der Waals surface area contributed by atoms with Crippen molar-refractivity contribution in [1.29, 1.82) is 0 Å². The summed E-state index contributed by atoms with van der Waals surface area (Å²) in [6.07, 6.45) is 4.63. The number of amides is 1. The first-order valence-electron chi connectivity index (χ1n) is 9.52. The predicted octanol–water partition coefficient (Wildman–Crippen LogP) is 2.48. The lowest BCUT2D eigenvalue weighted by atomic mass is 9.79. The summed E-state index contributed by atoms with van der Waals surface area (Å²) in [5.41, 5.74) is 0.706. The van der Waals surface area contributed by atoms with Gasteiger partial charge in [0, 0.05) is 29.9 Å². The Kier molecular flexibility index (Phi) is 6.64. The number of carbonyl (C=O) groups is 1. The fraction of sp³-hybridized carbons (Fsp3) is 0.700. The molecule has 3 N–H and O–H groups in total. The van der Waals surface area contributed by atoms with Crippen molar-refractivity contribution in [2.24, 2.45) is 0 Å². The Hall–Kier alpha value is -1.66. The van der Waals surface area contributed by atoms with E-state index in [0.29, 0.717) is 17.9 Å². The van der Waals surface area contributed by atoms with Gasteiger partial charge in [-0.3, -0.25) is 4.79 Å². The Bertz CT molecular complexity index is 596. The molecular formula is C20H35N5O. The van der Waals surface area contributed by atoms with Crippen LogP contribution in [0, 0.1) is 0 Å². The average Bonchev–Trinajstić information content (AvgIpc) is 2.48. The molecule has 6 heteroatoms. The average molecular weight is 362 g/mol. The van der Waals surface area contributed by atoms with Gasteiger partial charge in [0.25, 0.3) is 5.91 Å². The highest BCUT2D eigenvalue weighted by atomic mass is 16.1. The van der Waals surface area contributed by atoms with Crippen LogP contribution in [0.2, 0.25) is 0 Å². The molecule has 0 aliphatic carbocycles. The zero-order valence-electron chi connectivity index (χ0n) is 17.1. The molecule has 0 spiro atoms. The van der Waals surface area contributed by atoms with Gasteiger partial charge in [-0.25, -0.2) is 4.98 Å². The van der Waals surface area contributed by atoms with Gasteiger partial charge in [-0.1, -0.05) is 0 Å². The van der Waals surface area contributed by atoms with Gasteiger partial charge >= 0.3 is 0 Å². The topological polar surface area (TPSA) is 69.3 Å². The molecule has 0 bridgehead atoms. The number of hydrogen-bond donors (Lipinski definition) is 3. The molecule has 0 unspecified atom stereocenters. The summed E-state index contributed by atoms with van der Waals surface area (Å²) in [5, 5.41) is 10.2. The lowest BCUT2D eigenvalue weighted by molar-refractivity contribution is 0.0952. The molecule has 1 saturated heterocycles. The first kappa shape index (κ1) is 20.6. The van der Waals surface area contributed by atoms with E-state index < -0.39 is 0 Å². The van der Waals surface area contributed by atoms with Crippen molar-refractivity contribution in [2.45, 2.75) is 64.1 Å². The zero-order valence-corrected chi connectivity index (χ0v) is 17.1. The highest BCUT2D eigenvalue weighted by Crippen LogP contribution is 2.30. The van der Waals surface area contributed by atoms with Crippen LogP contribution in [-0.4, -0.2) is 60.1 Å². The van der Waals surface area contributed by atoms with Gasteiger partial charge in [0.15, 0.2) is 0 Å². The predicted molar refractivity (Wildman–Crippen MR) is 108 cm³/mol. The maximum atomic E-state index is 12.6. The van der Waals surface area contributed by atoms with E-state index in [2.05, 4.69) is 53.5 Å². The Morgan fingerprint density at radius 3 is 2.54 bits per heavy atom. The van der Waals surface area contributed by atoms with Gasteiger partial charge in [-0.05, 0) is 79.7 Å². The number of nitrogens with one attached hydrogen (secondary N) is 3. The summed E-state index contributed by atoms with van der Waals surface area (Å²) in [6.45, 7) is 10.5. The van der Waals surface area contributed by atoms with Crippen molar-refractivity contribution >= 4 is 11.7 Å². The van der Waals surface area contributed by atoms with E-state index in [1.807, 2.05) is 26.2 Å². The van der Waals surface area contributed by atoms with Gasteiger partial charge in [-0.15, -0.1) is 0 Å². The fourth-order valence-corrected chi connectivity index (χ4v) is 4.01. The van der Waals surface area contributed by atoms with Gasteiger partial charge in [0.2, 0.25) is 0 Å². The number of aromatic nitrogens is 1. The van der Waals surface area contributed by atoms with Crippen LogP contribution in [0.25, 0.3) is 0 Å². The Balaban J connectivity index is 2.03. The summed E-state index contributed by atoms with van der Waals surface area (Å²) in [5.74, 6) is 0.614. The molecule has 146 valence electrons. The number of rotatable bonds is 7. The smallest absolute Gasteiger partial charge is 0.255 e. The molecule has 1 aromatic rings. The summed E-state index contributed by atoms with van der Waals surface area (Å²) < 4.78 is 0. The van der Waals surface area contributed by atoms with E-state index in [9.17, 15) is 4.79 Å². The molecule has 2 rings (SSSR count). The van der Waals surface area contributed by atoms with Crippen LogP contribution in [0.4, 0.5) is 5.82 Å². The van der Waals surface area contributed by atoms with Gasteiger partial charge in [0.1, 0.15) is 5.82 Å². The molecule has 1 aromatic heterocycles. The lowest BCUT2D eigenvalue weighted by Crippen LogP contribution is -2.60. The van der Waals surface area contributed by atoms with E-state index in [-0.39, 0.29) is 23.0 Å². The number of pyridine rings is 1. The second-order valence-corrected chi connectivity index (χ2v) is 8.95. The van der Waals surface area contributed by atoms with Crippen molar-refractivity contribution in [3.05, 3.63) is 23.9 Å². The molecule has 1 amide bonds. The molecule has 6 nitrogen and oxygen atoms in total. The van der Waals surface area contributed by atoms with E-state index >= 15 is 0 Å². The van der Waals surface area contributed by atoms with Crippen LogP contribution < -0.4 is 16.0 Å². The first-order valence-corrected chi connectivity index (χ1v) is 9.52. The number of hydrogen-bond acceptors (Lipinski definition) is 5. The molecule has 0 saturated carbocycles. The van der Waals surface area contributed by atoms with E-state index in [0.717, 1.165) is 25.8 Å². The van der Waals surface area contributed by atoms with Crippen LogP contribution in [-0.2, 0) is 0 Å². The third-order valence-electron chi connectivity index (χ3n) is 4.65. The Labute approximate surface area is 158 Å². The quantitative estimate of drug-likeness (QED) is 0.651. The number of carbonyl (C=O) groups excluding carboxylic acids is 1. The molecule has 2 heterocycles. The minimum absolute atomic E-state index is 0.0444. The number of anilines is 1. The third-order valence-corrected chi connectivity index (χ3v) is 4.65. The van der Waals surface area contributed by atoms with Crippen molar-refractivity contribution in [1.82, 2.24) is 20.5 Å². The molecular weight excluding hydrogens is 326 g/mol. The van der Waals surface area contributed by atoms with Crippen LogP contribution in [0.3, 0.4) is 0 Å². The second-order valence-electron chi connectivity index (χ2n) is 8.95. The normalized spacial score (nSPS) is 19.3. The number of nitrogens with zero attached hydrogens (tertiary/aromatic N) is 2. The van der Waals surface area contributed by atoms with E-state index in [4.69, 9.17) is 0 Å². The third kappa shape index (κ3) is 6.25. The lowest BCUT2D eigenvalue weighted by Gasteiger charge is -2.46. The second kappa shape index (κ2) is 8.35. The van der Waals surface area contributed by atoms with Crippen LogP contribution in [0.15, 0.2) is 18.3 Å². The highest BCUT2D eigenvalue weighted by Gasteiger charge is 2.38. The minimum Gasteiger partial charge on any atom is -0.367 e. The first-order chi connectivity index (χ1) is 12.1. The van der Waals surface area contributed by atoms with Crippen LogP contribution in [0.5, 0.6) is 0 Å². The summed E-state index contributed by atoms with van der Waals surface area (Å²) in [4.78, 5) is 19.1. The maximum Gasteiger partial charge on any atom is 0.255 e. The summed E-state index contributed by atoms with van der Waals surface area (Å²) in [6, 6.07) is 3.93. The molecule has 1 aliphatic heterocycles. The van der Waals surface area contributed by atoms with Gasteiger partial charge in [0.05, 0.1) is 5.56 Å². The summed E-state index contributed by atoms with van der Waals surface area (Å²) >= 11 is 0. The number of piperidine rings is 1. The molecule has 0 atom stereocenters.